The molecule has 35 heavy (non-hydrogen) atoms. The maximum absolute atomic E-state index is 12.4. The Labute approximate surface area is 209 Å². The van der Waals surface area contributed by atoms with Crippen molar-refractivity contribution in [2.75, 3.05) is 24.5 Å². The van der Waals surface area contributed by atoms with Gasteiger partial charge in [-0.15, -0.1) is 0 Å². The third-order valence-electron chi connectivity index (χ3n) is 6.98. The van der Waals surface area contributed by atoms with Crippen LogP contribution in [0.5, 0.6) is 0 Å². The van der Waals surface area contributed by atoms with Gasteiger partial charge in [-0.05, 0) is 89.5 Å². The Kier molecular flexibility index (Phi) is 7.54. The van der Waals surface area contributed by atoms with Crippen molar-refractivity contribution in [1.82, 2.24) is 10.2 Å². The van der Waals surface area contributed by atoms with E-state index in [0.717, 1.165) is 70.4 Å². The minimum absolute atomic E-state index is 0.208. The number of nitrogens with zero attached hydrogens (tertiary/aromatic N) is 4. The van der Waals surface area contributed by atoms with Gasteiger partial charge in [0.25, 0.3) is 0 Å². The molecule has 0 bridgehead atoms. The predicted octanol–water partition coefficient (Wildman–Crippen LogP) is 3.53. The molecule has 0 radical (unpaired) electrons. The van der Waals surface area contributed by atoms with Gasteiger partial charge in [0.15, 0.2) is 0 Å². The van der Waals surface area contributed by atoms with Crippen LogP contribution in [0.4, 0.5) is 10.5 Å². The standard InChI is InChI=1S/C26H41N7O2/c1-25(2,3)35-24(34)32-15-7-8-20(18-32)17-29-16-19-9-11-21(12-10-19)33-23(28)30-22(27)31-26(33)13-5-4-6-14-26/h9-12,20,29H,4-8,13-18H2,1-3H3,(H4,27,28,30,31). The number of guanidine groups is 2. The number of nitrogens with one attached hydrogen (secondary N) is 1. The Morgan fingerprint density at radius 2 is 1.86 bits per heavy atom. The molecule has 1 aromatic rings. The Morgan fingerprint density at radius 1 is 1.14 bits per heavy atom. The highest BCUT2D eigenvalue weighted by Gasteiger charge is 2.42. The maximum atomic E-state index is 12.4. The first-order chi connectivity index (χ1) is 16.7. The molecule has 9 nitrogen and oxygen atoms in total. The van der Waals surface area contributed by atoms with Gasteiger partial charge in [-0.25, -0.2) is 9.79 Å². The van der Waals surface area contributed by atoms with Gasteiger partial charge in [0.1, 0.15) is 11.3 Å². The van der Waals surface area contributed by atoms with Crippen LogP contribution in [0, 0.1) is 5.92 Å². The average molecular weight is 484 g/mol. The summed E-state index contributed by atoms with van der Waals surface area (Å²) in [5, 5.41) is 3.57. The molecule has 192 valence electrons. The number of anilines is 1. The fourth-order valence-electron chi connectivity index (χ4n) is 5.40. The second-order valence-electron chi connectivity index (χ2n) is 11.1. The molecule has 9 heteroatoms. The lowest BCUT2D eigenvalue weighted by atomic mass is 9.87. The number of benzene rings is 1. The van der Waals surface area contributed by atoms with Crippen molar-refractivity contribution in [3.05, 3.63) is 29.8 Å². The monoisotopic (exact) mass is 483 g/mol. The van der Waals surface area contributed by atoms with Crippen LogP contribution in [0.25, 0.3) is 0 Å². The Hall–Kier alpha value is -2.81. The quantitative estimate of drug-likeness (QED) is 0.589. The lowest BCUT2D eigenvalue weighted by molar-refractivity contribution is 0.0166. The van der Waals surface area contributed by atoms with E-state index in [9.17, 15) is 4.79 Å². The van der Waals surface area contributed by atoms with Gasteiger partial charge in [0.2, 0.25) is 11.9 Å². The van der Waals surface area contributed by atoms with E-state index in [1.165, 1.54) is 12.0 Å². The first-order valence-electron chi connectivity index (χ1n) is 12.9. The molecule has 1 amide bonds. The number of nitrogens with two attached hydrogens (primary N) is 2. The van der Waals surface area contributed by atoms with Crippen LogP contribution in [0.3, 0.4) is 0 Å². The summed E-state index contributed by atoms with van der Waals surface area (Å²) in [6.07, 6.45) is 7.19. The average Bonchev–Trinajstić information content (AvgIpc) is 2.79. The molecule has 1 saturated carbocycles. The number of likely N-dealkylation sites (tertiary alicyclic amines) is 1. The fraction of sp³-hybridized carbons (Fsp3) is 0.654. The number of piperidine rings is 1. The zero-order chi connectivity index (χ0) is 25.1. The lowest BCUT2D eigenvalue weighted by Gasteiger charge is -2.45. The number of carbonyl (C=O) groups is 1. The molecule has 1 aliphatic carbocycles. The van der Waals surface area contributed by atoms with Gasteiger partial charge in [-0.1, -0.05) is 18.6 Å². The molecule has 1 atom stereocenters. The van der Waals surface area contributed by atoms with Crippen LogP contribution < -0.4 is 21.7 Å². The highest BCUT2D eigenvalue weighted by Crippen LogP contribution is 2.39. The SMILES string of the molecule is CC(C)(C)OC(=O)N1CCCC(CNCc2ccc(N3C(N)=NC(N)=NC34CCCCC4)cc2)C1. The number of ether oxygens (including phenoxy) is 1. The molecule has 0 aromatic heterocycles. The van der Waals surface area contributed by atoms with Gasteiger partial charge >= 0.3 is 6.09 Å². The molecule has 5 N–H and O–H groups in total. The zero-order valence-corrected chi connectivity index (χ0v) is 21.4. The fourth-order valence-corrected chi connectivity index (χ4v) is 5.40. The van der Waals surface area contributed by atoms with Crippen molar-refractivity contribution in [1.29, 1.82) is 0 Å². The van der Waals surface area contributed by atoms with Crippen molar-refractivity contribution < 1.29 is 9.53 Å². The van der Waals surface area contributed by atoms with Gasteiger partial charge in [0, 0.05) is 25.3 Å². The minimum atomic E-state index is -0.464. The van der Waals surface area contributed by atoms with Crippen molar-refractivity contribution >= 4 is 23.7 Å². The molecule has 2 fully saturated rings. The van der Waals surface area contributed by atoms with Crippen molar-refractivity contribution in [3.8, 4) is 0 Å². The van der Waals surface area contributed by atoms with E-state index < -0.39 is 11.3 Å². The highest BCUT2D eigenvalue weighted by atomic mass is 16.6. The number of carbonyl (C=O) groups excluding carboxylic acids is 1. The van der Waals surface area contributed by atoms with E-state index >= 15 is 0 Å². The van der Waals surface area contributed by atoms with Crippen LogP contribution in [0.2, 0.25) is 0 Å². The van der Waals surface area contributed by atoms with E-state index in [4.69, 9.17) is 21.2 Å². The first-order valence-corrected chi connectivity index (χ1v) is 12.9. The molecule has 4 rings (SSSR count). The molecular formula is C26H41N7O2. The highest BCUT2D eigenvalue weighted by molar-refractivity contribution is 6.05. The molecule has 2 aliphatic heterocycles. The van der Waals surface area contributed by atoms with E-state index in [1.54, 1.807) is 0 Å². The second kappa shape index (κ2) is 10.4. The summed E-state index contributed by atoms with van der Waals surface area (Å²) in [6.45, 7) is 8.86. The first kappa shape index (κ1) is 25.3. The number of aliphatic imine (C=N–C) groups is 2. The Bertz CT molecular complexity index is 945. The lowest BCUT2D eigenvalue weighted by Crippen LogP contribution is -2.58. The van der Waals surface area contributed by atoms with Crippen LogP contribution in [0.15, 0.2) is 34.3 Å². The summed E-state index contributed by atoms with van der Waals surface area (Å²) in [5.41, 5.74) is 13.6. The topological polar surface area (TPSA) is 122 Å². The normalized spacial score (nSPS) is 22.5. The maximum Gasteiger partial charge on any atom is 0.410 e. The van der Waals surface area contributed by atoms with E-state index in [-0.39, 0.29) is 12.1 Å². The van der Waals surface area contributed by atoms with E-state index in [2.05, 4.69) is 39.5 Å². The number of hydrogen-bond acceptors (Lipinski definition) is 8. The third kappa shape index (κ3) is 6.25. The summed E-state index contributed by atoms with van der Waals surface area (Å²) in [4.78, 5) is 25.3. The summed E-state index contributed by atoms with van der Waals surface area (Å²) in [6, 6.07) is 8.44. The molecule has 1 spiro atoms. The second-order valence-corrected chi connectivity index (χ2v) is 11.1. The van der Waals surface area contributed by atoms with Gasteiger partial charge in [0.05, 0.1) is 0 Å². The Balaban J connectivity index is 1.32. The van der Waals surface area contributed by atoms with Crippen molar-refractivity contribution in [2.45, 2.75) is 83.5 Å². The van der Waals surface area contributed by atoms with Crippen molar-refractivity contribution in [2.24, 2.45) is 27.4 Å². The van der Waals surface area contributed by atoms with Crippen LogP contribution >= 0.6 is 0 Å². The molecule has 1 unspecified atom stereocenters. The van der Waals surface area contributed by atoms with Crippen LogP contribution in [-0.4, -0.2) is 53.8 Å². The smallest absolute Gasteiger partial charge is 0.410 e. The Morgan fingerprint density at radius 3 is 2.54 bits per heavy atom. The minimum Gasteiger partial charge on any atom is -0.444 e. The van der Waals surface area contributed by atoms with Gasteiger partial charge in [-0.3, -0.25) is 4.90 Å². The van der Waals surface area contributed by atoms with Gasteiger partial charge < -0.3 is 26.4 Å². The molecule has 1 saturated heterocycles. The molecular weight excluding hydrogens is 442 g/mol. The van der Waals surface area contributed by atoms with Crippen molar-refractivity contribution in [3.63, 3.8) is 0 Å². The van der Waals surface area contributed by atoms with E-state index in [1.807, 2.05) is 25.7 Å². The molecule has 1 aromatic carbocycles. The molecule has 3 aliphatic rings. The number of hydrogen-bond donors (Lipinski definition) is 3. The number of rotatable bonds is 5. The summed E-state index contributed by atoms with van der Waals surface area (Å²) in [5.74, 6) is 1.11. The summed E-state index contributed by atoms with van der Waals surface area (Å²) < 4.78 is 5.55. The largest absolute Gasteiger partial charge is 0.444 e. The van der Waals surface area contributed by atoms with Gasteiger partial charge in [-0.2, -0.15) is 4.99 Å². The predicted molar refractivity (Wildman–Crippen MR) is 140 cm³/mol. The third-order valence-corrected chi connectivity index (χ3v) is 6.98. The van der Waals surface area contributed by atoms with Crippen LogP contribution in [-0.2, 0) is 11.3 Å². The zero-order valence-electron chi connectivity index (χ0n) is 21.4. The number of amides is 1. The summed E-state index contributed by atoms with van der Waals surface area (Å²) in [7, 11) is 0. The molecule has 2 heterocycles. The van der Waals surface area contributed by atoms with E-state index in [0.29, 0.717) is 11.9 Å². The summed E-state index contributed by atoms with van der Waals surface area (Å²) >= 11 is 0. The van der Waals surface area contributed by atoms with Crippen LogP contribution in [0.1, 0.15) is 71.3 Å².